The molecule has 1 aliphatic rings. The molecule has 0 radical (unpaired) electrons. The van der Waals surface area contributed by atoms with E-state index in [0.717, 1.165) is 24.3 Å². The topological polar surface area (TPSA) is 72.3 Å². The highest BCUT2D eigenvalue weighted by molar-refractivity contribution is 6.30. The quantitative estimate of drug-likeness (QED) is 0.606. The molecular weight excluding hydrogens is 414 g/mol. The molecule has 0 spiro atoms. The van der Waals surface area contributed by atoms with Crippen LogP contribution in [0.5, 0.6) is 5.75 Å². The van der Waals surface area contributed by atoms with Gasteiger partial charge in [0, 0.05) is 17.6 Å². The number of halogens is 1. The molecule has 1 amide bonds. The second-order valence-corrected chi connectivity index (χ2v) is 8.10. The van der Waals surface area contributed by atoms with E-state index in [2.05, 4.69) is 26.6 Å². The number of aromatic nitrogens is 3. The fraction of sp³-hybridized carbons (Fsp3) is 0.348. The van der Waals surface area contributed by atoms with E-state index in [1.807, 2.05) is 49.4 Å². The smallest absolute Gasteiger partial charge is 0.273 e. The standard InChI is InChI=1S/C23H26ClN5O2/c1-16-22(26-27-29(16)19-9-6-10-20(14-19)31-2)23(30)25-15-21(28-11-3-4-12-28)17-7-5-8-18(24)13-17/h5-10,13-14,21H,3-4,11-12,15H2,1-2H3,(H,25,30). The fourth-order valence-electron chi connectivity index (χ4n) is 4.02. The van der Waals surface area contributed by atoms with Crippen molar-refractivity contribution in [2.24, 2.45) is 0 Å². The van der Waals surface area contributed by atoms with Gasteiger partial charge >= 0.3 is 0 Å². The normalized spacial score (nSPS) is 15.1. The lowest BCUT2D eigenvalue weighted by Gasteiger charge is -2.28. The van der Waals surface area contributed by atoms with E-state index in [1.54, 1.807) is 11.8 Å². The van der Waals surface area contributed by atoms with Gasteiger partial charge in [-0.05, 0) is 62.7 Å². The van der Waals surface area contributed by atoms with Crippen LogP contribution in [0.15, 0.2) is 48.5 Å². The molecule has 162 valence electrons. The number of likely N-dealkylation sites (tertiary alicyclic amines) is 1. The van der Waals surface area contributed by atoms with Crippen LogP contribution < -0.4 is 10.1 Å². The van der Waals surface area contributed by atoms with Gasteiger partial charge in [0.15, 0.2) is 5.69 Å². The van der Waals surface area contributed by atoms with Gasteiger partial charge in [0.2, 0.25) is 0 Å². The van der Waals surface area contributed by atoms with Crippen LogP contribution in [0.4, 0.5) is 0 Å². The molecule has 0 saturated carbocycles. The van der Waals surface area contributed by atoms with Crippen LogP contribution in [0.25, 0.3) is 5.69 Å². The number of methoxy groups -OCH3 is 1. The van der Waals surface area contributed by atoms with Crippen LogP contribution >= 0.6 is 11.6 Å². The van der Waals surface area contributed by atoms with Crippen molar-refractivity contribution in [1.29, 1.82) is 0 Å². The van der Waals surface area contributed by atoms with E-state index >= 15 is 0 Å². The zero-order chi connectivity index (χ0) is 21.8. The Labute approximate surface area is 187 Å². The molecule has 1 saturated heterocycles. The summed E-state index contributed by atoms with van der Waals surface area (Å²) in [5.41, 5.74) is 2.88. The summed E-state index contributed by atoms with van der Waals surface area (Å²) in [6.07, 6.45) is 2.33. The Bertz CT molecular complexity index is 1060. The maximum Gasteiger partial charge on any atom is 0.273 e. The first-order valence-electron chi connectivity index (χ1n) is 10.4. The Balaban J connectivity index is 1.51. The van der Waals surface area contributed by atoms with Crippen molar-refractivity contribution < 1.29 is 9.53 Å². The third kappa shape index (κ3) is 4.73. The number of hydrogen-bond donors (Lipinski definition) is 1. The Morgan fingerprint density at radius 1 is 1.19 bits per heavy atom. The molecule has 3 aromatic rings. The molecule has 1 aliphatic heterocycles. The Morgan fingerprint density at radius 2 is 1.97 bits per heavy atom. The SMILES string of the molecule is COc1cccc(-n2nnc(C(=O)NCC(c3cccc(Cl)c3)N3CCCC3)c2C)c1. The lowest BCUT2D eigenvalue weighted by atomic mass is 10.1. The first-order valence-corrected chi connectivity index (χ1v) is 10.8. The summed E-state index contributed by atoms with van der Waals surface area (Å²) in [6.45, 7) is 4.34. The molecule has 2 heterocycles. The predicted octanol–water partition coefficient (Wildman–Crippen LogP) is 3.80. The molecule has 1 fully saturated rings. The highest BCUT2D eigenvalue weighted by Crippen LogP contribution is 2.26. The van der Waals surface area contributed by atoms with Gasteiger partial charge < -0.3 is 10.1 Å². The van der Waals surface area contributed by atoms with Gasteiger partial charge in [-0.25, -0.2) is 4.68 Å². The molecule has 0 aliphatic carbocycles. The summed E-state index contributed by atoms with van der Waals surface area (Å²) in [6, 6.07) is 15.4. The molecule has 7 nitrogen and oxygen atoms in total. The van der Waals surface area contributed by atoms with Gasteiger partial charge in [0.25, 0.3) is 5.91 Å². The molecule has 31 heavy (non-hydrogen) atoms. The molecule has 1 aromatic heterocycles. The van der Waals surface area contributed by atoms with Crippen LogP contribution in [0.3, 0.4) is 0 Å². The van der Waals surface area contributed by atoms with Crippen molar-refractivity contribution in [3.63, 3.8) is 0 Å². The summed E-state index contributed by atoms with van der Waals surface area (Å²) in [5, 5.41) is 12.1. The average molecular weight is 440 g/mol. The molecule has 4 rings (SSSR count). The first kappa shape index (κ1) is 21.3. The molecule has 1 unspecified atom stereocenters. The van der Waals surface area contributed by atoms with E-state index in [-0.39, 0.29) is 11.9 Å². The van der Waals surface area contributed by atoms with Crippen LogP contribution in [0.2, 0.25) is 5.02 Å². The molecule has 1 N–H and O–H groups in total. The predicted molar refractivity (Wildman–Crippen MR) is 120 cm³/mol. The summed E-state index contributed by atoms with van der Waals surface area (Å²) in [5.74, 6) is 0.478. The van der Waals surface area contributed by atoms with Gasteiger partial charge in [0.05, 0.1) is 24.5 Å². The third-order valence-electron chi connectivity index (χ3n) is 5.68. The van der Waals surface area contributed by atoms with E-state index < -0.39 is 0 Å². The van der Waals surface area contributed by atoms with E-state index in [9.17, 15) is 4.79 Å². The Kier molecular flexibility index (Phi) is 6.53. The lowest BCUT2D eigenvalue weighted by Crippen LogP contribution is -2.37. The lowest BCUT2D eigenvalue weighted by molar-refractivity contribution is 0.0932. The van der Waals surface area contributed by atoms with Gasteiger partial charge in [-0.15, -0.1) is 5.10 Å². The minimum absolute atomic E-state index is 0.0684. The summed E-state index contributed by atoms with van der Waals surface area (Å²) in [7, 11) is 1.61. The average Bonchev–Trinajstić information content (AvgIpc) is 3.44. The zero-order valence-corrected chi connectivity index (χ0v) is 18.5. The van der Waals surface area contributed by atoms with Crippen molar-refractivity contribution in [3.05, 3.63) is 70.5 Å². The Morgan fingerprint density at radius 3 is 2.71 bits per heavy atom. The first-order chi connectivity index (χ1) is 15.1. The maximum atomic E-state index is 13.0. The number of rotatable bonds is 7. The number of nitrogens with one attached hydrogen (secondary N) is 1. The molecule has 2 aromatic carbocycles. The van der Waals surface area contributed by atoms with Gasteiger partial charge in [-0.1, -0.05) is 35.0 Å². The van der Waals surface area contributed by atoms with Gasteiger partial charge in [-0.2, -0.15) is 0 Å². The second kappa shape index (κ2) is 9.49. The number of amides is 1. The zero-order valence-electron chi connectivity index (χ0n) is 17.7. The number of carbonyl (C=O) groups excluding carboxylic acids is 1. The molecule has 8 heteroatoms. The monoisotopic (exact) mass is 439 g/mol. The minimum Gasteiger partial charge on any atom is -0.497 e. The number of benzene rings is 2. The van der Waals surface area contributed by atoms with Crippen molar-refractivity contribution in [3.8, 4) is 11.4 Å². The van der Waals surface area contributed by atoms with Crippen LogP contribution in [-0.4, -0.2) is 52.5 Å². The third-order valence-corrected chi connectivity index (χ3v) is 5.91. The van der Waals surface area contributed by atoms with E-state index in [0.29, 0.717) is 28.7 Å². The summed E-state index contributed by atoms with van der Waals surface area (Å²) in [4.78, 5) is 15.3. The maximum absolute atomic E-state index is 13.0. The van der Waals surface area contributed by atoms with Gasteiger partial charge in [0.1, 0.15) is 5.75 Å². The Hall–Kier alpha value is -2.90. The van der Waals surface area contributed by atoms with E-state index in [1.165, 1.54) is 12.8 Å². The van der Waals surface area contributed by atoms with Crippen LogP contribution in [0, 0.1) is 6.92 Å². The highest BCUT2D eigenvalue weighted by Gasteiger charge is 2.25. The second-order valence-electron chi connectivity index (χ2n) is 7.66. The van der Waals surface area contributed by atoms with Gasteiger partial charge in [-0.3, -0.25) is 9.69 Å². The largest absolute Gasteiger partial charge is 0.497 e. The number of hydrogen-bond acceptors (Lipinski definition) is 5. The molecule has 1 atom stereocenters. The molecule has 0 bridgehead atoms. The van der Waals surface area contributed by atoms with E-state index in [4.69, 9.17) is 16.3 Å². The minimum atomic E-state index is -0.238. The fourth-order valence-corrected chi connectivity index (χ4v) is 4.22. The summed E-state index contributed by atoms with van der Waals surface area (Å²) >= 11 is 6.22. The number of ether oxygens (including phenoxy) is 1. The van der Waals surface area contributed by atoms with Crippen molar-refractivity contribution in [2.45, 2.75) is 25.8 Å². The highest BCUT2D eigenvalue weighted by atomic mass is 35.5. The van der Waals surface area contributed by atoms with Crippen LogP contribution in [-0.2, 0) is 0 Å². The van der Waals surface area contributed by atoms with Crippen molar-refractivity contribution >= 4 is 17.5 Å². The van der Waals surface area contributed by atoms with Crippen molar-refractivity contribution in [1.82, 2.24) is 25.2 Å². The number of nitrogens with zero attached hydrogens (tertiary/aromatic N) is 4. The van der Waals surface area contributed by atoms with Crippen LogP contribution in [0.1, 0.15) is 40.6 Å². The number of carbonyl (C=O) groups is 1. The summed E-state index contributed by atoms with van der Waals surface area (Å²) < 4.78 is 6.92. The molecular formula is C23H26ClN5O2. The van der Waals surface area contributed by atoms with Crippen molar-refractivity contribution in [2.75, 3.05) is 26.7 Å².